The predicted octanol–water partition coefficient (Wildman–Crippen LogP) is 2.49. The Kier molecular flexibility index (Phi) is 4.36. The molecule has 0 spiro atoms. The molecule has 2 rings (SSSR count). The summed E-state index contributed by atoms with van der Waals surface area (Å²) in [7, 11) is 0. The van der Waals surface area contributed by atoms with Crippen molar-refractivity contribution >= 4 is 23.2 Å². The zero-order valence-corrected chi connectivity index (χ0v) is 11.0. The first-order valence-corrected chi connectivity index (χ1v) is 7.13. The molecule has 4 nitrogen and oxygen atoms in total. The lowest BCUT2D eigenvalue weighted by atomic mass is 10.2. The third kappa shape index (κ3) is 3.84. The first-order chi connectivity index (χ1) is 8.66. The quantitative estimate of drug-likeness (QED) is 0.825. The summed E-state index contributed by atoms with van der Waals surface area (Å²) in [6, 6.07) is 2.41. The van der Waals surface area contributed by atoms with E-state index in [1.807, 2.05) is 16.3 Å². The minimum Gasteiger partial charge on any atom is -0.481 e. The van der Waals surface area contributed by atoms with Gasteiger partial charge in [-0.1, -0.05) is 0 Å². The molecule has 0 unspecified atom stereocenters. The molecule has 0 bridgehead atoms. The van der Waals surface area contributed by atoms with Crippen LogP contribution in [0, 0.1) is 0 Å². The highest BCUT2D eigenvalue weighted by atomic mass is 32.1. The first-order valence-electron chi connectivity index (χ1n) is 6.19. The molecule has 1 fully saturated rings. The summed E-state index contributed by atoms with van der Waals surface area (Å²) in [6.07, 6.45) is 3.00. The van der Waals surface area contributed by atoms with E-state index < -0.39 is 5.97 Å². The molecule has 1 aliphatic carbocycles. The fourth-order valence-electron chi connectivity index (χ4n) is 1.92. The van der Waals surface area contributed by atoms with Gasteiger partial charge in [-0.2, -0.15) is 11.3 Å². The van der Waals surface area contributed by atoms with Crippen LogP contribution in [0.2, 0.25) is 0 Å². The SMILES string of the molecule is O=C(O)CCCC(=O)N(Cc1ccsc1)C1CC1. The van der Waals surface area contributed by atoms with Crippen LogP contribution < -0.4 is 0 Å². The van der Waals surface area contributed by atoms with Crippen molar-refractivity contribution in [2.45, 2.75) is 44.7 Å². The lowest BCUT2D eigenvalue weighted by Gasteiger charge is -2.22. The number of amides is 1. The molecule has 0 aliphatic heterocycles. The van der Waals surface area contributed by atoms with E-state index in [1.54, 1.807) is 11.3 Å². The Bertz CT molecular complexity index is 412. The van der Waals surface area contributed by atoms with E-state index in [9.17, 15) is 9.59 Å². The van der Waals surface area contributed by atoms with Gasteiger partial charge in [-0.15, -0.1) is 0 Å². The zero-order valence-electron chi connectivity index (χ0n) is 10.2. The summed E-state index contributed by atoms with van der Waals surface area (Å²) < 4.78 is 0. The normalized spacial score (nSPS) is 14.4. The average Bonchev–Trinajstić information content (AvgIpc) is 3.02. The van der Waals surface area contributed by atoms with Gasteiger partial charge in [-0.25, -0.2) is 0 Å². The van der Waals surface area contributed by atoms with Crippen LogP contribution in [-0.4, -0.2) is 27.9 Å². The van der Waals surface area contributed by atoms with Gasteiger partial charge in [0.25, 0.3) is 0 Å². The Morgan fingerprint density at radius 1 is 1.39 bits per heavy atom. The van der Waals surface area contributed by atoms with Gasteiger partial charge in [0.05, 0.1) is 0 Å². The van der Waals surface area contributed by atoms with Crippen LogP contribution in [0.15, 0.2) is 16.8 Å². The van der Waals surface area contributed by atoms with E-state index in [1.165, 1.54) is 5.56 Å². The van der Waals surface area contributed by atoms with Crippen LogP contribution in [0.5, 0.6) is 0 Å². The Labute approximate surface area is 110 Å². The molecule has 1 amide bonds. The molecule has 0 aromatic carbocycles. The maximum atomic E-state index is 12.1. The number of carbonyl (C=O) groups excluding carboxylic acids is 1. The molecule has 5 heteroatoms. The van der Waals surface area contributed by atoms with Crippen LogP contribution in [0.3, 0.4) is 0 Å². The zero-order chi connectivity index (χ0) is 13.0. The Morgan fingerprint density at radius 2 is 2.17 bits per heavy atom. The van der Waals surface area contributed by atoms with Crippen LogP contribution >= 0.6 is 11.3 Å². The topological polar surface area (TPSA) is 57.6 Å². The monoisotopic (exact) mass is 267 g/mol. The molecular formula is C13H17NO3S. The third-order valence-electron chi connectivity index (χ3n) is 3.02. The predicted molar refractivity (Wildman–Crippen MR) is 69.4 cm³/mol. The smallest absolute Gasteiger partial charge is 0.303 e. The first kappa shape index (κ1) is 13.1. The summed E-state index contributed by atoms with van der Waals surface area (Å²) in [5, 5.41) is 12.6. The highest BCUT2D eigenvalue weighted by molar-refractivity contribution is 7.07. The maximum absolute atomic E-state index is 12.1. The second-order valence-electron chi connectivity index (χ2n) is 4.63. The summed E-state index contributed by atoms with van der Waals surface area (Å²) >= 11 is 1.63. The van der Waals surface area contributed by atoms with E-state index >= 15 is 0 Å². The van der Waals surface area contributed by atoms with Crippen molar-refractivity contribution < 1.29 is 14.7 Å². The van der Waals surface area contributed by atoms with Gasteiger partial charge in [0.15, 0.2) is 0 Å². The molecule has 0 saturated heterocycles. The summed E-state index contributed by atoms with van der Waals surface area (Å²) in [5.74, 6) is -0.747. The molecule has 0 atom stereocenters. The Hall–Kier alpha value is -1.36. The number of carbonyl (C=O) groups is 2. The number of nitrogens with zero attached hydrogens (tertiary/aromatic N) is 1. The van der Waals surface area contributed by atoms with Crippen molar-refractivity contribution in [1.82, 2.24) is 4.90 Å². The molecule has 1 N–H and O–H groups in total. The molecule has 1 aromatic rings. The van der Waals surface area contributed by atoms with Crippen molar-refractivity contribution in [2.75, 3.05) is 0 Å². The van der Waals surface area contributed by atoms with Gasteiger partial charge < -0.3 is 10.0 Å². The summed E-state index contributed by atoms with van der Waals surface area (Å²) in [6.45, 7) is 0.667. The Morgan fingerprint density at radius 3 is 2.72 bits per heavy atom. The lowest BCUT2D eigenvalue weighted by molar-refractivity contribution is -0.137. The number of hydrogen-bond acceptors (Lipinski definition) is 3. The third-order valence-corrected chi connectivity index (χ3v) is 3.75. The lowest BCUT2D eigenvalue weighted by Crippen LogP contribution is -2.32. The molecule has 1 heterocycles. The van der Waals surface area contributed by atoms with Gasteiger partial charge >= 0.3 is 5.97 Å². The summed E-state index contributed by atoms with van der Waals surface area (Å²) in [5.41, 5.74) is 1.17. The minimum absolute atomic E-state index is 0.0721. The number of carboxylic acids is 1. The number of rotatable bonds is 7. The van der Waals surface area contributed by atoms with Crippen LogP contribution in [-0.2, 0) is 16.1 Å². The second kappa shape index (κ2) is 6.00. The maximum Gasteiger partial charge on any atom is 0.303 e. The van der Waals surface area contributed by atoms with Gasteiger partial charge in [0.1, 0.15) is 0 Å². The fraction of sp³-hybridized carbons (Fsp3) is 0.538. The molecular weight excluding hydrogens is 250 g/mol. The van der Waals surface area contributed by atoms with E-state index in [2.05, 4.69) is 5.38 Å². The highest BCUT2D eigenvalue weighted by Crippen LogP contribution is 2.29. The molecule has 1 aromatic heterocycles. The molecule has 98 valence electrons. The van der Waals surface area contributed by atoms with Crippen molar-refractivity contribution in [1.29, 1.82) is 0 Å². The molecule has 1 aliphatic rings. The largest absolute Gasteiger partial charge is 0.481 e. The van der Waals surface area contributed by atoms with Gasteiger partial charge in [0, 0.05) is 25.4 Å². The van der Waals surface area contributed by atoms with Gasteiger partial charge in [-0.3, -0.25) is 9.59 Å². The van der Waals surface area contributed by atoms with Crippen molar-refractivity contribution in [3.8, 4) is 0 Å². The molecule has 0 radical (unpaired) electrons. The van der Waals surface area contributed by atoms with Crippen LogP contribution in [0.4, 0.5) is 0 Å². The van der Waals surface area contributed by atoms with Crippen LogP contribution in [0.1, 0.15) is 37.7 Å². The van der Waals surface area contributed by atoms with Gasteiger partial charge in [0.2, 0.25) is 5.91 Å². The van der Waals surface area contributed by atoms with E-state index in [0.29, 0.717) is 25.4 Å². The number of carboxylic acid groups (broad SMARTS) is 1. The van der Waals surface area contributed by atoms with E-state index in [0.717, 1.165) is 12.8 Å². The number of thiophene rings is 1. The number of hydrogen-bond donors (Lipinski definition) is 1. The van der Waals surface area contributed by atoms with E-state index in [4.69, 9.17) is 5.11 Å². The highest BCUT2D eigenvalue weighted by Gasteiger charge is 2.32. The number of aliphatic carboxylic acids is 1. The van der Waals surface area contributed by atoms with Crippen molar-refractivity contribution in [3.05, 3.63) is 22.4 Å². The van der Waals surface area contributed by atoms with Gasteiger partial charge in [-0.05, 0) is 41.7 Å². The second-order valence-corrected chi connectivity index (χ2v) is 5.41. The van der Waals surface area contributed by atoms with Crippen molar-refractivity contribution in [2.24, 2.45) is 0 Å². The molecule has 18 heavy (non-hydrogen) atoms. The Balaban J connectivity index is 1.85. The fourth-order valence-corrected chi connectivity index (χ4v) is 2.58. The molecule has 1 saturated carbocycles. The standard InChI is InChI=1S/C13H17NO3S/c15-12(2-1-3-13(16)17)14(11-4-5-11)8-10-6-7-18-9-10/h6-7,9,11H,1-5,8H2,(H,16,17). The van der Waals surface area contributed by atoms with E-state index in [-0.39, 0.29) is 12.3 Å². The van der Waals surface area contributed by atoms with Crippen molar-refractivity contribution in [3.63, 3.8) is 0 Å². The summed E-state index contributed by atoms with van der Waals surface area (Å²) in [4.78, 5) is 24.4. The minimum atomic E-state index is -0.835. The average molecular weight is 267 g/mol. The van der Waals surface area contributed by atoms with Crippen LogP contribution in [0.25, 0.3) is 0 Å².